The maximum Gasteiger partial charge on any atom is 0.271 e. The molecule has 2 aromatic heterocycles. The Kier molecular flexibility index (Phi) is 5.13. The molecule has 10 heteroatoms. The lowest BCUT2D eigenvalue weighted by molar-refractivity contribution is -0.116. The normalized spacial score (nSPS) is 11.9. The first-order valence-corrected chi connectivity index (χ1v) is 10.3. The molecule has 1 N–H and O–H groups in total. The molecule has 0 saturated heterocycles. The minimum atomic E-state index is -3.62. The first-order valence-electron chi connectivity index (χ1n) is 7.96. The molecular formula is C17H18N4O4S2. The largest absolute Gasteiger partial charge is 0.324 e. The molecule has 3 rings (SSSR count). The Morgan fingerprint density at radius 3 is 2.74 bits per heavy atom. The van der Waals surface area contributed by atoms with Crippen molar-refractivity contribution in [1.29, 1.82) is 0 Å². The van der Waals surface area contributed by atoms with Gasteiger partial charge in [0, 0.05) is 19.8 Å². The number of carbonyl (C=O) groups is 1. The number of aryl methyl sites for hydroxylation is 1. The van der Waals surface area contributed by atoms with E-state index >= 15 is 0 Å². The molecule has 0 aliphatic rings. The number of carbonyl (C=O) groups excluding carboxylic acids is 1. The van der Waals surface area contributed by atoms with E-state index in [-0.39, 0.29) is 17.0 Å². The first kappa shape index (κ1) is 19.2. The van der Waals surface area contributed by atoms with Gasteiger partial charge in [-0.1, -0.05) is 6.07 Å². The molecule has 142 valence electrons. The Morgan fingerprint density at radius 2 is 2.04 bits per heavy atom. The third kappa shape index (κ3) is 3.77. The van der Waals surface area contributed by atoms with E-state index in [0.717, 1.165) is 4.31 Å². The van der Waals surface area contributed by atoms with Gasteiger partial charge in [0.25, 0.3) is 5.56 Å². The molecule has 1 aromatic carbocycles. The molecule has 3 aromatic rings. The maximum atomic E-state index is 12.4. The van der Waals surface area contributed by atoms with Crippen molar-refractivity contribution >= 4 is 43.2 Å². The van der Waals surface area contributed by atoms with E-state index in [1.807, 2.05) is 0 Å². The van der Waals surface area contributed by atoms with Crippen LogP contribution >= 0.6 is 11.3 Å². The summed E-state index contributed by atoms with van der Waals surface area (Å²) in [5.41, 5.74) is 1.39. The Bertz CT molecular complexity index is 1180. The minimum Gasteiger partial charge on any atom is -0.324 e. The Balaban J connectivity index is 1.85. The van der Waals surface area contributed by atoms with Crippen molar-refractivity contribution in [2.24, 2.45) is 0 Å². The molecule has 0 bridgehead atoms. The van der Waals surface area contributed by atoms with Crippen LogP contribution in [0, 0.1) is 6.92 Å². The summed E-state index contributed by atoms with van der Waals surface area (Å²) in [5.74, 6) is -0.447. The third-order valence-electron chi connectivity index (χ3n) is 4.01. The lowest BCUT2D eigenvalue weighted by Crippen LogP contribution is -2.28. The molecule has 0 atom stereocenters. The molecule has 2 heterocycles. The highest BCUT2D eigenvalue weighted by atomic mass is 32.2. The molecular weight excluding hydrogens is 388 g/mol. The number of nitrogens with zero attached hydrogens (tertiary/aromatic N) is 3. The highest BCUT2D eigenvalue weighted by molar-refractivity contribution is 7.89. The number of amides is 1. The van der Waals surface area contributed by atoms with Crippen LogP contribution in [0.3, 0.4) is 0 Å². The van der Waals surface area contributed by atoms with Crippen molar-refractivity contribution in [3.05, 3.63) is 51.9 Å². The molecule has 8 nitrogen and oxygen atoms in total. The van der Waals surface area contributed by atoms with Crippen molar-refractivity contribution in [2.45, 2.75) is 18.4 Å². The van der Waals surface area contributed by atoms with Crippen molar-refractivity contribution < 1.29 is 13.2 Å². The lowest BCUT2D eigenvalue weighted by atomic mass is 10.2. The van der Waals surface area contributed by atoms with Gasteiger partial charge in [0.05, 0.1) is 16.7 Å². The van der Waals surface area contributed by atoms with Crippen LogP contribution in [0.5, 0.6) is 0 Å². The fraction of sp³-hybridized carbons (Fsp3) is 0.235. The molecule has 27 heavy (non-hydrogen) atoms. The number of fused-ring (bicyclic) bond motifs is 1. The van der Waals surface area contributed by atoms with Crippen LogP contribution in [0.4, 0.5) is 5.69 Å². The van der Waals surface area contributed by atoms with Gasteiger partial charge in [-0.2, -0.15) is 0 Å². The molecule has 0 saturated carbocycles. The van der Waals surface area contributed by atoms with E-state index in [1.54, 1.807) is 24.4 Å². The van der Waals surface area contributed by atoms with E-state index in [4.69, 9.17) is 0 Å². The summed E-state index contributed by atoms with van der Waals surface area (Å²) >= 11 is 1.27. The zero-order valence-corrected chi connectivity index (χ0v) is 16.6. The van der Waals surface area contributed by atoms with Crippen molar-refractivity contribution in [3.8, 4) is 0 Å². The molecule has 0 aliphatic heterocycles. The summed E-state index contributed by atoms with van der Waals surface area (Å²) < 4.78 is 27.4. The number of hydrogen-bond acceptors (Lipinski definition) is 6. The summed E-state index contributed by atoms with van der Waals surface area (Å²) in [6, 6.07) is 6.26. The summed E-state index contributed by atoms with van der Waals surface area (Å²) in [7, 11) is -0.741. The highest BCUT2D eigenvalue weighted by Gasteiger charge is 2.19. The van der Waals surface area contributed by atoms with Gasteiger partial charge < -0.3 is 5.32 Å². The van der Waals surface area contributed by atoms with Crippen molar-refractivity contribution in [1.82, 2.24) is 13.9 Å². The van der Waals surface area contributed by atoms with Gasteiger partial charge in [0.2, 0.25) is 15.9 Å². The average molecular weight is 406 g/mol. The van der Waals surface area contributed by atoms with Gasteiger partial charge in [-0.25, -0.2) is 17.7 Å². The number of hydrogen-bond donors (Lipinski definition) is 1. The highest BCUT2D eigenvalue weighted by Crippen LogP contribution is 2.22. The van der Waals surface area contributed by atoms with Gasteiger partial charge in [-0.15, -0.1) is 11.3 Å². The van der Waals surface area contributed by atoms with Crippen LogP contribution in [0.2, 0.25) is 0 Å². The van der Waals surface area contributed by atoms with Gasteiger partial charge in [0.15, 0.2) is 0 Å². The van der Waals surface area contributed by atoms with E-state index < -0.39 is 15.9 Å². The van der Waals surface area contributed by atoms with Gasteiger partial charge >= 0.3 is 0 Å². The molecule has 0 unspecified atom stereocenters. The predicted octanol–water partition coefficient (Wildman–Crippen LogP) is 1.66. The zero-order valence-electron chi connectivity index (χ0n) is 15.0. The molecule has 0 fully saturated rings. The van der Waals surface area contributed by atoms with Crippen LogP contribution < -0.4 is 10.9 Å². The second kappa shape index (κ2) is 7.22. The summed E-state index contributed by atoms with van der Waals surface area (Å²) in [6.45, 7) is 1.54. The van der Waals surface area contributed by atoms with Crippen LogP contribution in [-0.2, 0) is 21.4 Å². The predicted molar refractivity (Wildman–Crippen MR) is 105 cm³/mol. The second-order valence-electron chi connectivity index (χ2n) is 6.12. The quantitative estimate of drug-likeness (QED) is 0.694. The van der Waals surface area contributed by atoms with E-state index in [9.17, 15) is 18.0 Å². The Hall–Kier alpha value is -2.56. The minimum absolute atomic E-state index is 0.0761. The summed E-state index contributed by atoms with van der Waals surface area (Å²) in [4.78, 5) is 29.0. The first-order chi connectivity index (χ1) is 12.7. The number of nitrogens with one attached hydrogen (secondary N) is 1. The smallest absolute Gasteiger partial charge is 0.271 e. The summed E-state index contributed by atoms with van der Waals surface area (Å²) in [5, 5.41) is 4.44. The number of anilines is 1. The number of rotatable bonds is 5. The summed E-state index contributed by atoms with van der Waals surface area (Å²) in [6.07, 6.45) is 1.33. The molecule has 0 aliphatic carbocycles. The van der Waals surface area contributed by atoms with Crippen LogP contribution in [0.15, 0.2) is 45.7 Å². The second-order valence-corrected chi connectivity index (χ2v) is 9.19. The van der Waals surface area contributed by atoms with Crippen LogP contribution in [0.25, 0.3) is 10.2 Å². The third-order valence-corrected chi connectivity index (χ3v) is 6.71. The van der Waals surface area contributed by atoms with Gasteiger partial charge in [-0.3, -0.25) is 14.2 Å². The van der Waals surface area contributed by atoms with E-state index in [1.165, 1.54) is 48.5 Å². The van der Waals surface area contributed by atoms with Crippen molar-refractivity contribution in [3.63, 3.8) is 0 Å². The van der Waals surface area contributed by atoms with Gasteiger partial charge in [0.1, 0.15) is 11.2 Å². The fourth-order valence-electron chi connectivity index (χ4n) is 2.44. The van der Waals surface area contributed by atoms with Crippen molar-refractivity contribution in [2.75, 3.05) is 19.4 Å². The molecule has 0 radical (unpaired) electrons. The zero-order chi connectivity index (χ0) is 19.8. The standard InChI is InChI=1S/C17H18N4O4S2/c1-11-4-5-12(27(24,25)20(2)3)8-14(11)19-15(22)9-21-10-18-13-6-7-26-16(13)17(21)23/h4-8,10H,9H2,1-3H3,(H,19,22). The van der Waals surface area contributed by atoms with E-state index in [0.29, 0.717) is 21.5 Å². The van der Waals surface area contributed by atoms with Crippen LogP contribution in [-0.4, -0.2) is 42.3 Å². The van der Waals surface area contributed by atoms with E-state index in [2.05, 4.69) is 10.3 Å². The Morgan fingerprint density at radius 1 is 1.30 bits per heavy atom. The monoisotopic (exact) mass is 406 g/mol. The SMILES string of the molecule is Cc1ccc(S(=O)(=O)N(C)C)cc1NC(=O)Cn1cnc2ccsc2c1=O. The average Bonchev–Trinajstić information content (AvgIpc) is 3.08. The topological polar surface area (TPSA) is 101 Å². The number of thiophene rings is 1. The Labute approximate surface area is 160 Å². The van der Waals surface area contributed by atoms with Crippen LogP contribution in [0.1, 0.15) is 5.56 Å². The molecule has 0 spiro atoms. The number of sulfonamides is 1. The number of aromatic nitrogens is 2. The van der Waals surface area contributed by atoms with Gasteiger partial charge in [-0.05, 0) is 36.1 Å². The molecule has 1 amide bonds. The number of benzene rings is 1. The fourth-order valence-corrected chi connectivity index (χ4v) is 4.16. The maximum absolute atomic E-state index is 12.4. The lowest BCUT2D eigenvalue weighted by Gasteiger charge is -2.14.